The Morgan fingerprint density at radius 1 is 1.27 bits per heavy atom. The minimum atomic E-state index is -1.05. The van der Waals surface area contributed by atoms with Gasteiger partial charge in [0.25, 0.3) is 11.6 Å². The summed E-state index contributed by atoms with van der Waals surface area (Å²) in [6.45, 7) is 3.02. The van der Waals surface area contributed by atoms with Crippen LogP contribution in [0.4, 0.5) is 5.69 Å². The molecule has 0 aliphatic carbocycles. The number of hydrogen-bond acceptors (Lipinski definition) is 8. The SMILES string of the molecule is COC(=O)c1ccoc1COC(=O)[C@@H](NC(=O)c1ccc(Cl)c([N+](=O)[O-])c1)C(C)C. The molecule has 2 rings (SSSR count). The van der Waals surface area contributed by atoms with E-state index in [9.17, 15) is 24.5 Å². The molecule has 1 atom stereocenters. The third-order valence-electron chi connectivity index (χ3n) is 4.11. The number of methoxy groups -OCH3 is 1. The molecule has 0 unspecified atom stereocenters. The maximum atomic E-state index is 12.5. The highest BCUT2D eigenvalue weighted by Crippen LogP contribution is 2.25. The van der Waals surface area contributed by atoms with E-state index in [4.69, 9.17) is 20.8 Å². The maximum Gasteiger partial charge on any atom is 0.341 e. The first-order chi connectivity index (χ1) is 14.1. The molecule has 0 spiro atoms. The summed E-state index contributed by atoms with van der Waals surface area (Å²) in [4.78, 5) is 46.9. The van der Waals surface area contributed by atoms with E-state index in [0.29, 0.717) is 0 Å². The summed E-state index contributed by atoms with van der Waals surface area (Å²) in [5.74, 6) is -2.39. The fraction of sp³-hybridized carbons (Fsp3) is 0.316. The van der Waals surface area contributed by atoms with Gasteiger partial charge in [0.05, 0.1) is 18.3 Å². The molecule has 1 N–H and O–H groups in total. The average molecular weight is 439 g/mol. The lowest BCUT2D eigenvalue weighted by Gasteiger charge is -2.20. The fourth-order valence-electron chi connectivity index (χ4n) is 2.49. The number of esters is 2. The van der Waals surface area contributed by atoms with Gasteiger partial charge < -0.3 is 19.2 Å². The molecule has 1 aromatic heterocycles. The van der Waals surface area contributed by atoms with Gasteiger partial charge in [0.1, 0.15) is 23.2 Å². The highest BCUT2D eigenvalue weighted by atomic mass is 35.5. The number of nitro groups is 1. The second kappa shape index (κ2) is 9.88. The summed E-state index contributed by atoms with van der Waals surface area (Å²) < 4.78 is 14.9. The van der Waals surface area contributed by atoms with Crippen molar-refractivity contribution in [3.05, 3.63) is 62.6 Å². The molecule has 0 bridgehead atoms. The van der Waals surface area contributed by atoms with Crippen molar-refractivity contribution in [2.75, 3.05) is 7.11 Å². The van der Waals surface area contributed by atoms with E-state index in [-0.39, 0.29) is 34.4 Å². The van der Waals surface area contributed by atoms with Crippen molar-refractivity contribution < 1.29 is 33.2 Å². The molecule has 0 aliphatic heterocycles. The van der Waals surface area contributed by atoms with Gasteiger partial charge in [0, 0.05) is 11.6 Å². The van der Waals surface area contributed by atoms with E-state index in [0.717, 1.165) is 6.07 Å². The molecule has 0 fully saturated rings. The predicted octanol–water partition coefficient (Wildman–Crippen LogP) is 3.13. The number of nitro benzene ring substituents is 1. The molecule has 1 aromatic carbocycles. The molecule has 11 heteroatoms. The molecule has 10 nitrogen and oxygen atoms in total. The van der Waals surface area contributed by atoms with Crippen LogP contribution in [-0.2, 0) is 20.9 Å². The van der Waals surface area contributed by atoms with Gasteiger partial charge in [-0.25, -0.2) is 9.59 Å². The molecular formula is C19H19ClN2O8. The summed E-state index contributed by atoms with van der Waals surface area (Å²) in [5, 5.41) is 13.4. The number of hydrogen-bond donors (Lipinski definition) is 1. The lowest BCUT2D eigenvalue weighted by atomic mass is 10.0. The van der Waals surface area contributed by atoms with Gasteiger partial charge in [-0.3, -0.25) is 14.9 Å². The summed E-state index contributed by atoms with van der Waals surface area (Å²) in [6, 6.07) is 3.88. The smallest absolute Gasteiger partial charge is 0.341 e. The molecule has 160 valence electrons. The average Bonchev–Trinajstić information content (AvgIpc) is 3.17. The van der Waals surface area contributed by atoms with E-state index < -0.39 is 34.5 Å². The van der Waals surface area contributed by atoms with Gasteiger partial charge in [0.15, 0.2) is 5.76 Å². The lowest BCUT2D eigenvalue weighted by molar-refractivity contribution is -0.384. The van der Waals surface area contributed by atoms with Crippen molar-refractivity contribution in [2.45, 2.75) is 26.5 Å². The fourth-order valence-corrected chi connectivity index (χ4v) is 2.67. The van der Waals surface area contributed by atoms with Gasteiger partial charge >= 0.3 is 11.9 Å². The third kappa shape index (κ3) is 5.35. The molecule has 0 saturated heterocycles. The predicted molar refractivity (Wildman–Crippen MR) is 104 cm³/mol. The second-order valence-corrected chi connectivity index (χ2v) is 6.88. The Morgan fingerprint density at radius 2 is 1.97 bits per heavy atom. The minimum absolute atomic E-state index is 0.0384. The Hall–Kier alpha value is -3.40. The zero-order valence-electron chi connectivity index (χ0n) is 16.3. The summed E-state index contributed by atoms with van der Waals surface area (Å²) >= 11 is 5.75. The van der Waals surface area contributed by atoms with Crippen molar-refractivity contribution in [1.82, 2.24) is 5.32 Å². The molecule has 0 saturated carbocycles. The number of furan rings is 1. The number of amides is 1. The van der Waals surface area contributed by atoms with Crippen molar-refractivity contribution in [3.8, 4) is 0 Å². The van der Waals surface area contributed by atoms with Crippen LogP contribution in [0.25, 0.3) is 0 Å². The summed E-state index contributed by atoms with van der Waals surface area (Å²) in [6.07, 6.45) is 1.25. The van der Waals surface area contributed by atoms with E-state index >= 15 is 0 Å². The molecule has 2 aromatic rings. The van der Waals surface area contributed by atoms with Gasteiger partial charge in [0.2, 0.25) is 0 Å². The summed E-state index contributed by atoms with van der Waals surface area (Å²) in [7, 11) is 1.20. The molecule has 1 amide bonds. The van der Waals surface area contributed by atoms with Crippen LogP contribution in [0.3, 0.4) is 0 Å². The Kier molecular flexibility index (Phi) is 7.54. The number of nitrogens with zero attached hydrogens (tertiary/aromatic N) is 1. The first-order valence-corrected chi connectivity index (χ1v) is 9.09. The standard InChI is InChI=1S/C19H19ClN2O8/c1-10(2)16(19(25)30-9-15-12(6-7-29-15)18(24)28-3)21-17(23)11-4-5-13(20)14(8-11)22(26)27/h4-8,10,16H,9H2,1-3H3,(H,21,23)/t16-/m0/s1. The Bertz CT molecular complexity index is 969. The van der Waals surface area contributed by atoms with Gasteiger partial charge in [-0.15, -0.1) is 0 Å². The Labute approximate surface area is 176 Å². The van der Waals surface area contributed by atoms with Crippen LogP contribution in [-0.4, -0.2) is 35.9 Å². The number of carbonyl (C=O) groups is 3. The second-order valence-electron chi connectivity index (χ2n) is 6.48. The monoisotopic (exact) mass is 438 g/mol. The number of ether oxygens (including phenoxy) is 2. The number of halogens is 1. The lowest BCUT2D eigenvalue weighted by Crippen LogP contribution is -2.45. The van der Waals surface area contributed by atoms with Crippen LogP contribution in [0.1, 0.15) is 40.3 Å². The van der Waals surface area contributed by atoms with Gasteiger partial charge in [-0.05, 0) is 24.1 Å². The molecule has 0 radical (unpaired) electrons. The van der Waals surface area contributed by atoms with E-state index in [1.807, 2.05) is 0 Å². The minimum Gasteiger partial charge on any atom is -0.465 e. The van der Waals surface area contributed by atoms with Crippen LogP contribution in [0, 0.1) is 16.0 Å². The maximum absolute atomic E-state index is 12.5. The Morgan fingerprint density at radius 3 is 2.57 bits per heavy atom. The molecule has 0 aliphatic rings. The van der Waals surface area contributed by atoms with Crippen molar-refractivity contribution in [3.63, 3.8) is 0 Å². The third-order valence-corrected chi connectivity index (χ3v) is 4.43. The van der Waals surface area contributed by atoms with Crippen LogP contribution in [0.2, 0.25) is 5.02 Å². The largest absolute Gasteiger partial charge is 0.465 e. The van der Waals surface area contributed by atoms with Gasteiger partial charge in [-0.2, -0.15) is 0 Å². The van der Waals surface area contributed by atoms with Gasteiger partial charge in [-0.1, -0.05) is 25.4 Å². The normalized spacial score (nSPS) is 11.6. The van der Waals surface area contributed by atoms with E-state index in [2.05, 4.69) is 10.1 Å². The molecule has 1 heterocycles. The van der Waals surface area contributed by atoms with Crippen molar-refractivity contribution >= 4 is 35.1 Å². The first kappa shape index (κ1) is 22.9. The van der Waals surface area contributed by atoms with Crippen LogP contribution < -0.4 is 5.32 Å². The van der Waals surface area contributed by atoms with Crippen LogP contribution in [0.15, 0.2) is 34.9 Å². The van der Waals surface area contributed by atoms with E-state index in [1.165, 1.54) is 31.6 Å². The zero-order valence-corrected chi connectivity index (χ0v) is 17.1. The number of rotatable bonds is 8. The van der Waals surface area contributed by atoms with Crippen molar-refractivity contribution in [2.24, 2.45) is 5.92 Å². The Balaban J connectivity index is 2.10. The quantitative estimate of drug-likeness (QED) is 0.377. The summed E-state index contributed by atoms with van der Waals surface area (Å²) in [5.41, 5.74) is -0.353. The molecule has 30 heavy (non-hydrogen) atoms. The number of nitrogens with one attached hydrogen (secondary N) is 1. The van der Waals surface area contributed by atoms with Crippen molar-refractivity contribution in [1.29, 1.82) is 0 Å². The zero-order chi connectivity index (χ0) is 22.4. The van der Waals surface area contributed by atoms with Crippen LogP contribution >= 0.6 is 11.6 Å². The van der Waals surface area contributed by atoms with E-state index in [1.54, 1.807) is 13.8 Å². The molecular weight excluding hydrogens is 420 g/mol. The first-order valence-electron chi connectivity index (χ1n) is 8.71. The highest BCUT2D eigenvalue weighted by molar-refractivity contribution is 6.32. The van der Waals surface area contributed by atoms with Crippen LogP contribution in [0.5, 0.6) is 0 Å². The topological polar surface area (TPSA) is 138 Å². The number of carbonyl (C=O) groups excluding carboxylic acids is 3. The number of benzene rings is 1. The highest BCUT2D eigenvalue weighted by Gasteiger charge is 2.28.